The van der Waals surface area contributed by atoms with Crippen LogP contribution < -0.4 is 9.47 Å². The number of carbonyl (C=O) groups excluding carboxylic acids is 1. The molecule has 1 aromatic heterocycles. The van der Waals surface area contributed by atoms with Crippen molar-refractivity contribution >= 4 is 18.1 Å². The Morgan fingerprint density at radius 2 is 1.67 bits per heavy atom. The van der Waals surface area contributed by atoms with Gasteiger partial charge in [0.1, 0.15) is 5.82 Å². The molecule has 0 unspecified atom stereocenters. The lowest BCUT2D eigenvalue weighted by molar-refractivity contribution is 0.0728. The predicted molar refractivity (Wildman–Crippen MR) is 102 cm³/mol. The van der Waals surface area contributed by atoms with Gasteiger partial charge in [-0.05, 0) is 66.6 Å². The average molecular weight is 363 g/mol. The van der Waals surface area contributed by atoms with Gasteiger partial charge in [0.05, 0.1) is 12.2 Å². The first-order chi connectivity index (χ1) is 13.2. The monoisotopic (exact) mass is 363 g/mol. The molecule has 0 amide bonds. The zero-order chi connectivity index (χ0) is 19.1. The second-order valence-electron chi connectivity index (χ2n) is 5.65. The summed E-state index contributed by atoms with van der Waals surface area (Å²) in [6.45, 7) is 2.28. The molecule has 0 radical (unpaired) electrons. The van der Waals surface area contributed by atoms with Crippen LogP contribution in [0.4, 0.5) is 4.39 Å². The number of nitrogens with zero attached hydrogens (tertiary/aromatic N) is 1. The van der Waals surface area contributed by atoms with Crippen LogP contribution in [-0.4, -0.2) is 17.6 Å². The van der Waals surface area contributed by atoms with Crippen LogP contribution in [-0.2, 0) is 0 Å². The molecule has 2 aromatic carbocycles. The quantitative estimate of drug-likeness (QED) is 0.456. The molecule has 0 spiro atoms. The zero-order valence-corrected chi connectivity index (χ0v) is 14.8. The molecule has 0 aliphatic heterocycles. The van der Waals surface area contributed by atoms with Crippen LogP contribution in [0.25, 0.3) is 12.2 Å². The molecular formula is C22H18FNO3. The summed E-state index contributed by atoms with van der Waals surface area (Å²) in [7, 11) is 0. The van der Waals surface area contributed by atoms with Crippen molar-refractivity contribution in [1.82, 2.24) is 4.98 Å². The van der Waals surface area contributed by atoms with Crippen molar-refractivity contribution in [1.29, 1.82) is 0 Å². The lowest BCUT2D eigenvalue weighted by atomic mass is 10.1. The summed E-state index contributed by atoms with van der Waals surface area (Å²) in [6.07, 6.45) is 7.34. The number of hydrogen-bond acceptors (Lipinski definition) is 4. The van der Waals surface area contributed by atoms with E-state index in [-0.39, 0.29) is 5.56 Å². The maximum atomic E-state index is 13.0. The first-order valence-electron chi connectivity index (χ1n) is 8.48. The van der Waals surface area contributed by atoms with Gasteiger partial charge in [-0.3, -0.25) is 4.98 Å². The van der Waals surface area contributed by atoms with E-state index in [1.165, 1.54) is 24.3 Å². The number of pyridine rings is 1. The number of halogens is 1. The van der Waals surface area contributed by atoms with Gasteiger partial charge in [-0.15, -0.1) is 0 Å². The van der Waals surface area contributed by atoms with Crippen LogP contribution in [0.2, 0.25) is 0 Å². The number of esters is 1. The van der Waals surface area contributed by atoms with Crippen LogP contribution in [0.3, 0.4) is 0 Å². The van der Waals surface area contributed by atoms with E-state index >= 15 is 0 Å². The molecule has 4 nitrogen and oxygen atoms in total. The third-order valence-electron chi connectivity index (χ3n) is 3.72. The summed E-state index contributed by atoms with van der Waals surface area (Å²) in [4.78, 5) is 16.2. The Labute approximate surface area is 156 Å². The zero-order valence-electron chi connectivity index (χ0n) is 14.8. The molecule has 0 fully saturated rings. The van der Waals surface area contributed by atoms with Crippen LogP contribution in [0.1, 0.15) is 28.4 Å². The first-order valence-corrected chi connectivity index (χ1v) is 8.48. The van der Waals surface area contributed by atoms with Crippen molar-refractivity contribution in [2.45, 2.75) is 6.92 Å². The van der Waals surface area contributed by atoms with Crippen molar-refractivity contribution in [3.05, 3.63) is 89.5 Å². The number of hydrogen-bond donors (Lipinski definition) is 0. The summed E-state index contributed by atoms with van der Waals surface area (Å²) in [5.41, 5.74) is 2.19. The van der Waals surface area contributed by atoms with Crippen molar-refractivity contribution in [2.75, 3.05) is 6.61 Å². The van der Waals surface area contributed by atoms with Gasteiger partial charge in [0.2, 0.25) is 0 Å². The summed E-state index contributed by atoms with van der Waals surface area (Å²) in [5, 5.41) is 0. The maximum Gasteiger partial charge on any atom is 0.343 e. The van der Waals surface area contributed by atoms with Gasteiger partial charge in [-0.2, -0.15) is 0 Å². The lowest BCUT2D eigenvalue weighted by Crippen LogP contribution is -2.09. The van der Waals surface area contributed by atoms with Gasteiger partial charge in [0.25, 0.3) is 0 Å². The first kappa shape index (κ1) is 18.3. The highest BCUT2D eigenvalue weighted by Crippen LogP contribution is 2.30. The normalized spacial score (nSPS) is 10.7. The van der Waals surface area contributed by atoms with E-state index in [1.807, 2.05) is 37.3 Å². The minimum absolute atomic E-state index is 0.264. The highest BCUT2D eigenvalue weighted by atomic mass is 19.1. The van der Waals surface area contributed by atoms with Crippen molar-refractivity contribution in [3.63, 3.8) is 0 Å². The molecule has 0 aliphatic carbocycles. The molecule has 3 aromatic rings. The summed E-state index contributed by atoms with van der Waals surface area (Å²) in [6, 6.07) is 14.3. The largest absolute Gasteiger partial charge is 0.490 e. The second kappa shape index (κ2) is 8.76. The molecule has 5 heteroatoms. The maximum absolute atomic E-state index is 13.0. The van der Waals surface area contributed by atoms with E-state index in [1.54, 1.807) is 24.5 Å². The van der Waals surface area contributed by atoms with Gasteiger partial charge in [-0.25, -0.2) is 9.18 Å². The Bertz CT molecular complexity index is 938. The van der Waals surface area contributed by atoms with E-state index in [2.05, 4.69) is 4.98 Å². The van der Waals surface area contributed by atoms with Crippen molar-refractivity contribution in [3.8, 4) is 11.5 Å². The van der Waals surface area contributed by atoms with Crippen molar-refractivity contribution < 1.29 is 18.7 Å². The van der Waals surface area contributed by atoms with E-state index < -0.39 is 11.8 Å². The van der Waals surface area contributed by atoms with Crippen LogP contribution >= 0.6 is 0 Å². The van der Waals surface area contributed by atoms with Gasteiger partial charge >= 0.3 is 5.97 Å². The Hall–Kier alpha value is -3.47. The number of aromatic nitrogens is 1. The minimum Gasteiger partial charge on any atom is -0.490 e. The van der Waals surface area contributed by atoms with Gasteiger partial charge in [0, 0.05) is 12.4 Å². The molecule has 27 heavy (non-hydrogen) atoms. The third-order valence-corrected chi connectivity index (χ3v) is 3.72. The van der Waals surface area contributed by atoms with E-state index in [0.29, 0.717) is 18.1 Å². The van der Waals surface area contributed by atoms with E-state index in [0.717, 1.165) is 11.1 Å². The fraction of sp³-hybridized carbons (Fsp3) is 0.0909. The Balaban J connectivity index is 1.80. The predicted octanol–water partition coefficient (Wildman–Crippen LogP) is 5.01. The topological polar surface area (TPSA) is 48.4 Å². The highest BCUT2D eigenvalue weighted by molar-refractivity contribution is 5.91. The summed E-state index contributed by atoms with van der Waals surface area (Å²) < 4.78 is 24.0. The van der Waals surface area contributed by atoms with E-state index in [9.17, 15) is 9.18 Å². The third kappa shape index (κ3) is 5.01. The Morgan fingerprint density at radius 3 is 2.37 bits per heavy atom. The lowest BCUT2D eigenvalue weighted by Gasteiger charge is -2.11. The molecular weight excluding hydrogens is 345 g/mol. The minimum atomic E-state index is -0.573. The van der Waals surface area contributed by atoms with Crippen LogP contribution in [0.5, 0.6) is 11.5 Å². The van der Waals surface area contributed by atoms with Gasteiger partial charge < -0.3 is 9.47 Å². The fourth-order valence-corrected chi connectivity index (χ4v) is 2.39. The second-order valence-corrected chi connectivity index (χ2v) is 5.65. The van der Waals surface area contributed by atoms with Crippen LogP contribution in [0.15, 0.2) is 67.0 Å². The molecule has 136 valence electrons. The number of ether oxygens (including phenoxy) is 2. The Morgan fingerprint density at radius 1 is 0.963 bits per heavy atom. The van der Waals surface area contributed by atoms with Gasteiger partial charge in [-0.1, -0.05) is 18.2 Å². The van der Waals surface area contributed by atoms with Gasteiger partial charge in [0.15, 0.2) is 11.5 Å². The summed E-state index contributed by atoms with van der Waals surface area (Å²) in [5.74, 6) is -0.208. The molecule has 3 rings (SSSR count). The average Bonchev–Trinajstić information content (AvgIpc) is 2.69. The molecule has 0 saturated heterocycles. The smallest absolute Gasteiger partial charge is 0.343 e. The number of carbonyl (C=O) groups is 1. The molecule has 0 atom stereocenters. The molecule has 0 aliphatic rings. The molecule has 0 bridgehead atoms. The number of rotatable bonds is 6. The highest BCUT2D eigenvalue weighted by Gasteiger charge is 2.13. The van der Waals surface area contributed by atoms with Crippen molar-refractivity contribution in [2.24, 2.45) is 0 Å². The molecule has 0 N–H and O–H groups in total. The summed E-state index contributed by atoms with van der Waals surface area (Å²) >= 11 is 0. The van der Waals surface area contributed by atoms with E-state index in [4.69, 9.17) is 9.47 Å². The van der Waals surface area contributed by atoms with Crippen LogP contribution in [0, 0.1) is 5.82 Å². The fourth-order valence-electron chi connectivity index (χ4n) is 2.39. The Kier molecular flexibility index (Phi) is 5.94. The molecule has 0 saturated carbocycles. The SMILES string of the molecule is CCOc1cc(/C=C/c2ccncc2)ccc1OC(=O)c1ccc(F)cc1. The molecule has 1 heterocycles. The number of benzene rings is 2. The standard InChI is InChI=1S/C22H18FNO3/c1-2-26-21-15-17(4-3-16-11-13-24-14-12-16)5-10-20(21)27-22(25)18-6-8-19(23)9-7-18/h3-15H,2H2,1H3/b4-3+.